The lowest BCUT2D eigenvalue weighted by molar-refractivity contribution is -0.305. The Labute approximate surface area is 191 Å². The summed E-state index contributed by atoms with van der Waals surface area (Å²) in [4.78, 5) is 4.58. The normalized spacial score (nSPS) is 16.4. The number of ether oxygens (including phenoxy) is 1. The predicted octanol–water partition coefficient (Wildman–Crippen LogP) is 8.24. The van der Waals surface area contributed by atoms with Crippen LogP contribution in [-0.2, 0) is 11.2 Å². The molecular weight excluding hydrogens is 437 g/mol. The van der Waals surface area contributed by atoms with Gasteiger partial charge in [-0.25, -0.2) is 8.78 Å². The fourth-order valence-electron chi connectivity index (χ4n) is 3.30. The first-order valence-electron chi connectivity index (χ1n) is 10.8. The highest BCUT2D eigenvalue weighted by molar-refractivity contribution is 6.02. The predicted molar refractivity (Wildman–Crippen MR) is 121 cm³/mol. The molecule has 2 aromatic carbocycles. The number of aliphatic imine (C=N–C) groups is 1. The molecule has 7 heteroatoms. The molecule has 0 spiro atoms. The highest BCUT2D eigenvalue weighted by Gasteiger charge is 2.30. The lowest BCUT2D eigenvalue weighted by atomic mass is 10.0. The number of halogens is 5. The maximum absolute atomic E-state index is 13.9. The molecule has 1 atom stereocenters. The number of benzene rings is 2. The number of hydrogen-bond acceptors (Lipinski definition) is 2. The van der Waals surface area contributed by atoms with Gasteiger partial charge in [-0.1, -0.05) is 49.4 Å². The van der Waals surface area contributed by atoms with Crippen molar-refractivity contribution in [2.45, 2.75) is 58.9 Å². The number of hydrogen-bond donors (Lipinski definition) is 0. The van der Waals surface area contributed by atoms with Crippen molar-refractivity contribution in [1.82, 2.24) is 0 Å². The van der Waals surface area contributed by atoms with E-state index in [1.807, 2.05) is 0 Å². The highest BCUT2D eigenvalue weighted by atomic mass is 19.4. The van der Waals surface area contributed by atoms with Crippen molar-refractivity contribution < 1.29 is 26.7 Å². The summed E-state index contributed by atoms with van der Waals surface area (Å²) in [6.07, 6.45) is 4.38. The first kappa shape index (κ1) is 26.3. The third-order valence-electron chi connectivity index (χ3n) is 5.02. The standard InChI is InChI=1S/C21H21F2N.C5H7F3O/c1-2-3-4-6-15-9-11-16(12-10-15)19-13-14-20(24-19)21-17(22)7-5-8-18(21)23;1-3-4(2)9-5(6,7)8/h3-5,7-12,19H,2,6,13-14H2,1H3;3H,1-2H3/b4-3-;4-3+. The first-order valence-corrected chi connectivity index (χ1v) is 10.8. The van der Waals surface area contributed by atoms with Crippen LogP contribution in [0.25, 0.3) is 0 Å². The molecule has 1 unspecified atom stereocenters. The smallest absolute Gasteiger partial charge is 0.411 e. The van der Waals surface area contributed by atoms with Crippen LogP contribution in [0.2, 0.25) is 0 Å². The summed E-state index contributed by atoms with van der Waals surface area (Å²) in [7, 11) is 0. The molecular formula is C26H28F5NO. The third-order valence-corrected chi connectivity index (χ3v) is 5.02. The molecule has 3 rings (SSSR count). The fraction of sp³-hybridized carbons (Fsp3) is 0.346. The third kappa shape index (κ3) is 8.48. The molecule has 2 aromatic rings. The van der Waals surface area contributed by atoms with Gasteiger partial charge in [-0.05, 0) is 68.9 Å². The topological polar surface area (TPSA) is 21.6 Å². The van der Waals surface area contributed by atoms with Crippen molar-refractivity contribution in [3.8, 4) is 0 Å². The summed E-state index contributed by atoms with van der Waals surface area (Å²) >= 11 is 0. The van der Waals surface area contributed by atoms with E-state index >= 15 is 0 Å². The van der Waals surface area contributed by atoms with E-state index in [0.717, 1.165) is 24.8 Å². The van der Waals surface area contributed by atoms with Gasteiger partial charge in [-0.2, -0.15) is 0 Å². The average molecular weight is 466 g/mol. The molecule has 0 aromatic heterocycles. The van der Waals surface area contributed by atoms with Crippen molar-refractivity contribution in [3.63, 3.8) is 0 Å². The van der Waals surface area contributed by atoms with Crippen LogP contribution in [0.3, 0.4) is 0 Å². The van der Waals surface area contributed by atoms with E-state index in [9.17, 15) is 22.0 Å². The molecule has 178 valence electrons. The van der Waals surface area contributed by atoms with Crippen molar-refractivity contribution in [1.29, 1.82) is 0 Å². The Bertz CT molecular complexity index is 970. The summed E-state index contributed by atoms with van der Waals surface area (Å²) in [5, 5.41) is 0. The van der Waals surface area contributed by atoms with Crippen molar-refractivity contribution >= 4 is 5.71 Å². The number of allylic oxidation sites excluding steroid dienone is 4. The summed E-state index contributed by atoms with van der Waals surface area (Å²) in [5.74, 6) is -1.21. The van der Waals surface area contributed by atoms with Crippen LogP contribution in [0.4, 0.5) is 22.0 Å². The lowest BCUT2D eigenvalue weighted by Crippen LogP contribution is -2.11. The Morgan fingerprint density at radius 2 is 1.70 bits per heavy atom. The molecule has 0 aliphatic carbocycles. The minimum Gasteiger partial charge on any atom is -0.411 e. The number of alkyl halides is 3. The summed E-state index contributed by atoms with van der Waals surface area (Å²) in [5.41, 5.74) is 2.92. The molecule has 2 nitrogen and oxygen atoms in total. The van der Waals surface area contributed by atoms with Crippen LogP contribution >= 0.6 is 0 Å². The van der Waals surface area contributed by atoms with Crippen LogP contribution in [0.5, 0.6) is 0 Å². The zero-order valence-electron chi connectivity index (χ0n) is 18.9. The second-order valence-electron chi connectivity index (χ2n) is 7.50. The van der Waals surface area contributed by atoms with Crippen LogP contribution < -0.4 is 0 Å². The summed E-state index contributed by atoms with van der Waals surface area (Å²) in [6.45, 7) is 4.84. The van der Waals surface area contributed by atoms with Gasteiger partial charge in [0.05, 0.1) is 17.4 Å². The first-order chi connectivity index (χ1) is 15.6. The second-order valence-corrected chi connectivity index (χ2v) is 7.50. The Morgan fingerprint density at radius 1 is 1.06 bits per heavy atom. The van der Waals surface area contributed by atoms with Crippen molar-refractivity contribution in [3.05, 3.63) is 94.8 Å². The van der Waals surface area contributed by atoms with Gasteiger partial charge >= 0.3 is 6.36 Å². The van der Waals surface area contributed by atoms with Gasteiger partial charge in [0.15, 0.2) is 0 Å². The lowest BCUT2D eigenvalue weighted by Gasteiger charge is -2.07. The second kappa shape index (κ2) is 12.3. The van der Waals surface area contributed by atoms with E-state index in [4.69, 9.17) is 0 Å². The van der Waals surface area contributed by atoms with Crippen LogP contribution in [0, 0.1) is 11.6 Å². The maximum atomic E-state index is 13.9. The van der Waals surface area contributed by atoms with Gasteiger partial charge in [-0.3, -0.25) is 4.99 Å². The van der Waals surface area contributed by atoms with Gasteiger partial charge in [0.1, 0.15) is 11.6 Å². The average Bonchev–Trinajstić information content (AvgIpc) is 3.23. The Morgan fingerprint density at radius 3 is 2.21 bits per heavy atom. The van der Waals surface area contributed by atoms with Gasteiger partial charge in [-0.15, -0.1) is 13.2 Å². The van der Waals surface area contributed by atoms with E-state index in [1.165, 1.54) is 43.7 Å². The highest BCUT2D eigenvalue weighted by Crippen LogP contribution is 2.32. The molecule has 0 N–H and O–H groups in total. The van der Waals surface area contributed by atoms with E-state index in [-0.39, 0.29) is 17.4 Å². The molecule has 0 fully saturated rings. The maximum Gasteiger partial charge on any atom is 0.572 e. The Balaban J connectivity index is 0.000000365. The zero-order valence-corrected chi connectivity index (χ0v) is 18.9. The minimum atomic E-state index is -4.55. The summed E-state index contributed by atoms with van der Waals surface area (Å²) in [6, 6.07) is 12.3. The largest absolute Gasteiger partial charge is 0.572 e. The van der Waals surface area contributed by atoms with Crippen molar-refractivity contribution in [2.75, 3.05) is 0 Å². The van der Waals surface area contributed by atoms with Gasteiger partial charge in [0.2, 0.25) is 0 Å². The molecule has 0 bridgehead atoms. The molecule has 33 heavy (non-hydrogen) atoms. The van der Waals surface area contributed by atoms with Crippen LogP contribution in [0.15, 0.2) is 71.4 Å². The van der Waals surface area contributed by atoms with E-state index < -0.39 is 18.0 Å². The minimum absolute atomic E-state index is 0.0146. The zero-order chi connectivity index (χ0) is 24.4. The van der Waals surface area contributed by atoms with E-state index in [2.05, 4.69) is 53.1 Å². The van der Waals surface area contributed by atoms with Gasteiger partial charge in [0.25, 0.3) is 0 Å². The monoisotopic (exact) mass is 465 g/mol. The van der Waals surface area contributed by atoms with E-state index in [0.29, 0.717) is 12.1 Å². The molecule has 0 saturated carbocycles. The van der Waals surface area contributed by atoms with Crippen molar-refractivity contribution in [2.24, 2.45) is 4.99 Å². The SMILES string of the molecule is C/C=C(\C)OC(F)(F)F.CC/C=C\Cc1ccc(C2CCC(c3c(F)cccc3F)=N2)cc1. The van der Waals surface area contributed by atoms with Crippen LogP contribution in [0.1, 0.15) is 62.8 Å². The quantitative estimate of drug-likeness (QED) is 0.239. The van der Waals surface area contributed by atoms with Gasteiger partial charge in [0, 0.05) is 5.71 Å². The molecule has 0 saturated heterocycles. The Hall–Kier alpha value is -2.96. The Kier molecular flexibility index (Phi) is 9.82. The van der Waals surface area contributed by atoms with Crippen LogP contribution in [-0.4, -0.2) is 12.1 Å². The molecule has 0 radical (unpaired) electrons. The van der Waals surface area contributed by atoms with E-state index in [1.54, 1.807) is 0 Å². The molecule has 1 heterocycles. The molecule has 1 aliphatic heterocycles. The number of nitrogens with zero attached hydrogens (tertiary/aromatic N) is 1. The molecule has 1 aliphatic rings. The van der Waals surface area contributed by atoms with Gasteiger partial charge < -0.3 is 4.74 Å². The number of rotatable bonds is 6. The molecule has 0 amide bonds. The fourth-order valence-corrected chi connectivity index (χ4v) is 3.30. The summed E-state index contributed by atoms with van der Waals surface area (Å²) < 4.78 is 64.9.